The van der Waals surface area contributed by atoms with Gasteiger partial charge in [-0.25, -0.2) is 21.5 Å². The summed E-state index contributed by atoms with van der Waals surface area (Å²) in [5.74, 6) is -0.320. The second-order valence-corrected chi connectivity index (χ2v) is 8.53. The van der Waals surface area contributed by atoms with Gasteiger partial charge in [-0.2, -0.15) is 0 Å². The summed E-state index contributed by atoms with van der Waals surface area (Å²) in [7, 11) is -3.16. The van der Waals surface area contributed by atoms with Crippen LogP contribution in [0.25, 0.3) is 0 Å². The van der Waals surface area contributed by atoms with Crippen molar-refractivity contribution in [3.8, 4) is 0 Å². The Morgan fingerprint density at radius 2 is 1.67 bits per heavy atom. The largest absolute Gasteiger partial charge is 0.349 e. The average Bonchev–Trinajstić information content (AvgIpc) is 3.41. The third kappa shape index (κ3) is 3.75. The highest BCUT2D eigenvalue weighted by molar-refractivity contribution is 7.90. The van der Waals surface area contributed by atoms with Crippen LogP contribution in [0.1, 0.15) is 48.0 Å². The number of sulfonamides is 1. The highest BCUT2D eigenvalue weighted by Crippen LogP contribution is 2.32. The van der Waals surface area contributed by atoms with Gasteiger partial charge < -0.3 is 5.32 Å². The maximum Gasteiger partial charge on any atom is 0.263 e. The molecule has 1 aliphatic carbocycles. The first kappa shape index (κ1) is 17.3. The van der Waals surface area contributed by atoms with Gasteiger partial charge in [-0.1, -0.05) is 12.1 Å². The summed E-state index contributed by atoms with van der Waals surface area (Å²) >= 11 is 0. The number of hydrogen-bond acceptors (Lipinski definition) is 3. The predicted octanol–water partition coefficient (Wildman–Crippen LogP) is 2.31. The van der Waals surface area contributed by atoms with E-state index in [4.69, 9.17) is 0 Å². The fourth-order valence-electron chi connectivity index (χ4n) is 2.88. The van der Waals surface area contributed by atoms with Crippen molar-refractivity contribution in [2.24, 2.45) is 0 Å². The molecule has 1 heterocycles. The first-order valence-electron chi connectivity index (χ1n) is 8.06. The van der Waals surface area contributed by atoms with E-state index < -0.39 is 16.4 Å². The molecule has 1 N–H and O–H groups in total. The lowest BCUT2D eigenvalue weighted by Gasteiger charge is -2.31. The summed E-state index contributed by atoms with van der Waals surface area (Å²) in [6.45, 7) is 0.822. The SMILES string of the molecule is O=C(NC1CCN(S(=O)(=O)C2CC2)CC1)c1ccc(C(F)F)cc1. The van der Waals surface area contributed by atoms with Gasteiger partial charge >= 0.3 is 0 Å². The highest BCUT2D eigenvalue weighted by Gasteiger charge is 2.41. The Labute approximate surface area is 140 Å². The Hall–Kier alpha value is -1.54. The molecule has 2 aliphatic rings. The molecule has 0 spiro atoms. The van der Waals surface area contributed by atoms with Crippen LogP contribution in [0.2, 0.25) is 0 Å². The first-order valence-corrected chi connectivity index (χ1v) is 9.56. The highest BCUT2D eigenvalue weighted by atomic mass is 32.2. The number of benzene rings is 1. The molecule has 2 fully saturated rings. The first-order chi connectivity index (χ1) is 11.4. The Kier molecular flexibility index (Phi) is 4.87. The number of amides is 1. The van der Waals surface area contributed by atoms with Gasteiger partial charge in [-0.05, 0) is 37.8 Å². The normalized spacial score (nSPS) is 20.3. The molecular weight excluding hydrogens is 338 g/mol. The third-order valence-corrected chi connectivity index (χ3v) is 6.92. The van der Waals surface area contributed by atoms with E-state index in [9.17, 15) is 22.0 Å². The zero-order valence-corrected chi connectivity index (χ0v) is 13.9. The van der Waals surface area contributed by atoms with E-state index in [2.05, 4.69) is 5.32 Å². The molecule has 1 saturated heterocycles. The molecule has 0 unspecified atom stereocenters. The fraction of sp³-hybridized carbons (Fsp3) is 0.562. The molecule has 0 bridgehead atoms. The van der Waals surface area contributed by atoms with Gasteiger partial charge in [-0.15, -0.1) is 0 Å². The second-order valence-electron chi connectivity index (χ2n) is 6.31. The lowest BCUT2D eigenvalue weighted by atomic mass is 10.1. The van der Waals surface area contributed by atoms with E-state index in [1.807, 2.05) is 0 Å². The van der Waals surface area contributed by atoms with Crippen molar-refractivity contribution in [1.29, 1.82) is 0 Å². The molecule has 24 heavy (non-hydrogen) atoms. The zero-order valence-electron chi connectivity index (χ0n) is 13.1. The third-order valence-electron chi connectivity index (χ3n) is 4.52. The molecule has 3 rings (SSSR count). The standard InChI is InChI=1S/C16H20F2N2O3S/c17-15(18)11-1-3-12(4-2-11)16(21)19-13-7-9-20(10-8-13)24(22,23)14-5-6-14/h1-4,13-15H,5-10H2,(H,19,21). The molecular formula is C16H20F2N2O3S. The number of halogens is 2. The molecule has 1 aromatic carbocycles. The minimum atomic E-state index is -3.16. The van der Waals surface area contributed by atoms with Crippen molar-refractivity contribution in [3.63, 3.8) is 0 Å². The number of alkyl halides is 2. The summed E-state index contributed by atoms with van der Waals surface area (Å²) in [5.41, 5.74) is 0.206. The fourth-order valence-corrected chi connectivity index (χ4v) is 4.75. The van der Waals surface area contributed by atoms with Gasteiger partial charge in [0.25, 0.3) is 12.3 Å². The van der Waals surface area contributed by atoms with Gasteiger partial charge in [-0.3, -0.25) is 4.79 Å². The van der Waals surface area contributed by atoms with Crippen LogP contribution in [0.3, 0.4) is 0 Å². The number of carbonyl (C=O) groups excluding carboxylic acids is 1. The lowest BCUT2D eigenvalue weighted by molar-refractivity contribution is 0.0923. The van der Waals surface area contributed by atoms with Crippen molar-refractivity contribution in [3.05, 3.63) is 35.4 Å². The molecule has 0 aromatic heterocycles. The quantitative estimate of drug-likeness (QED) is 0.878. The monoisotopic (exact) mass is 358 g/mol. The van der Waals surface area contributed by atoms with E-state index in [-0.39, 0.29) is 22.8 Å². The van der Waals surface area contributed by atoms with E-state index in [0.29, 0.717) is 31.5 Å². The molecule has 0 radical (unpaired) electrons. The van der Waals surface area contributed by atoms with Crippen LogP contribution in [-0.2, 0) is 10.0 Å². The minimum absolute atomic E-state index is 0.0991. The van der Waals surface area contributed by atoms with Crippen molar-refractivity contribution in [1.82, 2.24) is 9.62 Å². The van der Waals surface area contributed by atoms with Gasteiger partial charge in [0, 0.05) is 30.3 Å². The van der Waals surface area contributed by atoms with E-state index in [1.165, 1.54) is 28.6 Å². The number of nitrogens with zero attached hydrogens (tertiary/aromatic N) is 1. The molecule has 1 saturated carbocycles. The topological polar surface area (TPSA) is 66.5 Å². The van der Waals surface area contributed by atoms with Gasteiger partial charge in [0.1, 0.15) is 0 Å². The molecule has 1 aromatic rings. The summed E-state index contributed by atoms with van der Waals surface area (Å²) in [6.07, 6.45) is 0.0563. The van der Waals surface area contributed by atoms with E-state index in [0.717, 1.165) is 12.8 Å². The number of rotatable bonds is 5. The van der Waals surface area contributed by atoms with Crippen LogP contribution < -0.4 is 5.32 Å². The number of carbonyl (C=O) groups is 1. The summed E-state index contributed by atoms with van der Waals surface area (Å²) in [6, 6.07) is 5.14. The Morgan fingerprint density at radius 3 is 2.17 bits per heavy atom. The molecule has 1 amide bonds. The summed E-state index contributed by atoms with van der Waals surface area (Å²) in [4.78, 5) is 12.2. The van der Waals surface area contributed by atoms with Crippen molar-refractivity contribution in [2.45, 2.75) is 43.4 Å². The van der Waals surface area contributed by atoms with E-state index in [1.54, 1.807) is 0 Å². The summed E-state index contributed by atoms with van der Waals surface area (Å²) < 4.78 is 50.9. The van der Waals surface area contributed by atoms with Gasteiger partial charge in [0.2, 0.25) is 10.0 Å². The maximum absolute atomic E-state index is 12.5. The molecule has 5 nitrogen and oxygen atoms in total. The maximum atomic E-state index is 12.5. The van der Waals surface area contributed by atoms with E-state index >= 15 is 0 Å². The number of nitrogens with one attached hydrogen (secondary N) is 1. The van der Waals surface area contributed by atoms with Crippen LogP contribution in [0.4, 0.5) is 8.78 Å². The molecule has 8 heteroatoms. The zero-order chi connectivity index (χ0) is 17.3. The van der Waals surface area contributed by atoms with Crippen LogP contribution in [0.5, 0.6) is 0 Å². The molecule has 1 aliphatic heterocycles. The molecule has 0 atom stereocenters. The van der Waals surface area contributed by atoms with Crippen molar-refractivity contribution >= 4 is 15.9 Å². The number of piperidine rings is 1. The Bertz CT molecular complexity index is 695. The predicted molar refractivity (Wildman–Crippen MR) is 85.4 cm³/mol. The van der Waals surface area contributed by atoms with Crippen LogP contribution in [0, 0.1) is 0 Å². The van der Waals surface area contributed by atoms with Gasteiger partial charge in [0.05, 0.1) is 5.25 Å². The van der Waals surface area contributed by atoms with Crippen LogP contribution in [-0.4, -0.2) is 43.0 Å². The molecule has 132 valence electrons. The van der Waals surface area contributed by atoms with Crippen molar-refractivity contribution in [2.75, 3.05) is 13.1 Å². The summed E-state index contributed by atoms with van der Waals surface area (Å²) in [5, 5.41) is 2.64. The number of hydrogen-bond donors (Lipinski definition) is 1. The lowest BCUT2D eigenvalue weighted by Crippen LogP contribution is -2.47. The smallest absolute Gasteiger partial charge is 0.263 e. The average molecular weight is 358 g/mol. The Balaban J connectivity index is 1.53. The van der Waals surface area contributed by atoms with Crippen LogP contribution >= 0.6 is 0 Å². The van der Waals surface area contributed by atoms with Gasteiger partial charge in [0.15, 0.2) is 0 Å². The van der Waals surface area contributed by atoms with Crippen molar-refractivity contribution < 1.29 is 22.0 Å². The minimum Gasteiger partial charge on any atom is -0.349 e. The second kappa shape index (κ2) is 6.76. The Morgan fingerprint density at radius 1 is 1.08 bits per heavy atom. The van der Waals surface area contributed by atoms with Crippen LogP contribution in [0.15, 0.2) is 24.3 Å².